The van der Waals surface area contributed by atoms with Crippen molar-refractivity contribution in [2.75, 3.05) is 6.61 Å². The molecule has 3 aromatic rings. The fourth-order valence-electron chi connectivity index (χ4n) is 2.05. The van der Waals surface area contributed by atoms with E-state index in [1.807, 2.05) is 37.3 Å². The molecular weight excluding hydrogens is 270 g/mol. The summed E-state index contributed by atoms with van der Waals surface area (Å²) in [5.74, 6) is 1.79. The average Bonchev–Trinajstić information content (AvgIpc) is 3.10. The molecule has 0 atom stereocenters. The fourth-order valence-corrected chi connectivity index (χ4v) is 2.05. The van der Waals surface area contributed by atoms with E-state index in [1.165, 1.54) is 0 Å². The van der Waals surface area contributed by atoms with Gasteiger partial charge >= 0.3 is 0 Å². The molecule has 2 heterocycles. The maximum atomic E-state index is 8.90. The first kappa shape index (κ1) is 13.5. The van der Waals surface area contributed by atoms with Crippen molar-refractivity contribution in [3.05, 3.63) is 53.2 Å². The lowest BCUT2D eigenvalue weighted by Crippen LogP contribution is -1.91. The molecule has 0 fully saturated rings. The van der Waals surface area contributed by atoms with Gasteiger partial charge in [-0.25, -0.2) is 0 Å². The van der Waals surface area contributed by atoms with E-state index in [0.29, 0.717) is 24.6 Å². The zero-order chi connectivity index (χ0) is 14.7. The Balaban J connectivity index is 1.74. The van der Waals surface area contributed by atoms with Crippen LogP contribution in [0.1, 0.15) is 22.9 Å². The lowest BCUT2D eigenvalue weighted by atomic mass is 10.1. The minimum absolute atomic E-state index is 0.142. The number of aliphatic hydroxyl groups is 1. The van der Waals surface area contributed by atoms with Gasteiger partial charge in [0.2, 0.25) is 11.7 Å². The highest BCUT2D eigenvalue weighted by Gasteiger charge is 2.11. The van der Waals surface area contributed by atoms with Crippen LogP contribution in [0.2, 0.25) is 0 Å². The maximum absolute atomic E-state index is 8.90. The summed E-state index contributed by atoms with van der Waals surface area (Å²) in [5, 5.41) is 16.8. The van der Waals surface area contributed by atoms with Gasteiger partial charge in [-0.2, -0.15) is 4.98 Å². The van der Waals surface area contributed by atoms with Gasteiger partial charge in [0.25, 0.3) is 0 Å². The van der Waals surface area contributed by atoms with Crippen molar-refractivity contribution in [2.45, 2.75) is 19.8 Å². The molecule has 1 aromatic carbocycles. The summed E-state index contributed by atoms with van der Waals surface area (Å²) in [6.07, 6.45) is 1.09. The summed E-state index contributed by atoms with van der Waals surface area (Å²) in [4.78, 5) is 4.35. The fraction of sp³-hybridized carbons (Fsp3) is 0.267. The third kappa shape index (κ3) is 3.17. The molecule has 108 valence electrons. The second kappa shape index (κ2) is 5.88. The Hall–Kier alpha value is -2.47. The number of benzene rings is 1. The van der Waals surface area contributed by atoms with Gasteiger partial charge in [0.05, 0.1) is 12.1 Å². The van der Waals surface area contributed by atoms with Gasteiger partial charge in [-0.15, -0.1) is 0 Å². The lowest BCUT2D eigenvalue weighted by Gasteiger charge is -1.98. The molecule has 0 aliphatic heterocycles. The first-order valence-electron chi connectivity index (χ1n) is 6.69. The summed E-state index contributed by atoms with van der Waals surface area (Å²) in [7, 11) is 0. The smallest absolute Gasteiger partial charge is 0.233 e. The molecule has 0 saturated heterocycles. The van der Waals surface area contributed by atoms with E-state index in [4.69, 9.17) is 14.2 Å². The molecule has 21 heavy (non-hydrogen) atoms. The normalized spacial score (nSPS) is 11.0. The Bertz CT molecular complexity index is 716. The van der Waals surface area contributed by atoms with Gasteiger partial charge in [0, 0.05) is 18.2 Å². The molecule has 0 radical (unpaired) electrons. The first-order valence-corrected chi connectivity index (χ1v) is 6.69. The van der Waals surface area contributed by atoms with Crippen LogP contribution >= 0.6 is 0 Å². The van der Waals surface area contributed by atoms with Gasteiger partial charge in [0.1, 0.15) is 5.76 Å². The van der Waals surface area contributed by atoms with Crippen molar-refractivity contribution in [3.63, 3.8) is 0 Å². The largest absolute Gasteiger partial charge is 0.396 e. The van der Waals surface area contributed by atoms with E-state index in [-0.39, 0.29) is 6.61 Å². The highest BCUT2D eigenvalue weighted by molar-refractivity contribution is 5.54. The zero-order valence-electron chi connectivity index (χ0n) is 11.6. The molecule has 1 N–H and O–H groups in total. The van der Waals surface area contributed by atoms with Gasteiger partial charge in [-0.3, -0.25) is 0 Å². The van der Waals surface area contributed by atoms with Crippen LogP contribution in [0.15, 0.2) is 39.4 Å². The van der Waals surface area contributed by atoms with E-state index < -0.39 is 0 Å². The van der Waals surface area contributed by atoms with Crippen LogP contribution in [0.3, 0.4) is 0 Å². The molecule has 0 aliphatic carbocycles. The van der Waals surface area contributed by atoms with Crippen molar-refractivity contribution in [1.82, 2.24) is 15.3 Å². The van der Waals surface area contributed by atoms with Crippen LogP contribution in [0.4, 0.5) is 0 Å². The lowest BCUT2D eigenvalue weighted by molar-refractivity contribution is 0.299. The maximum Gasteiger partial charge on any atom is 0.233 e. The molecule has 0 saturated carbocycles. The predicted molar refractivity (Wildman–Crippen MR) is 74.6 cm³/mol. The summed E-state index contributed by atoms with van der Waals surface area (Å²) in [6, 6.07) is 9.57. The SMILES string of the molecule is Cc1cc(Cc2nc(-c3ccc(CCO)cc3)no2)no1. The molecule has 6 nitrogen and oxygen atoms in total. The highest BCUT2D eigenvalue weighted by Crippen LogP contribution is 2.18. The third-order valence-electron chi connectivity index (χ3n) is 3.09. The zero-order valence-corrected chi connectivity index (χ0v) is 11.6. The Labute approximate surface area is 121 Å². The summed E-state index contributed by atoms with van der Waals surface area (Å²) in [6.45, 7) is 1.98. The van der Waals surface area contributed by atoms with Crippen LogP contribution in [-0.4, -0.2) is 27.0 Å². The standard InChI is InChI=1S/C15H15N3O3/c1-10-8-13(17-20-10)9-14-16-15(18-21-14)12-4-2-11(3-5-12)6-7-19/h2-5,8,19H,6-7,9H2,1H3. The van der Waals surface area contributed by atoms with Gasteiger partial charge in [0.15, 0.2) is 0 Å². The number of aromatic nitrogens is 3. The Morgan fingerprint density at radius 3 is 2.57 bits per heavy atom. The predicted octanol–water partition coefficient (Wildman–Crippen LogP) is 2.16. The van der Waals surface area contributed by atoms with Crippen molar-refractivity contribution < 1.29 is 14.2 Å². The topological polar surface area (TPSA) is 85.2 Å². The van der Waals surface area contributed by atoms with E-state index in [2.05, 4.69) is 15.3 Å². The molecule has 0 amide bonds. The number of rotatable bonds is 5. The van der Waals surface area contributed by atoms with Crippen LogP contribution in [-0.2, 0) is 12.8 Å². The Morgan fingerprint density at radius 2 is 1.90 bits per heavy atom. The van der Waals surface area contributed by atoms with E-state index in [1.54, 1.807) is 0 Å². The number of hydrogen-bond acceptors (Lipinski definition) is 6. The summed E-state index contributed by atoms with van der Waals surface area (Å²) in [5.41, 5.74) is 2.71. The molecule has 0 spiro atoms. The average molecular weight is 285 g/mol. The van der Waals surface area contributed by atoms with Crippen LogP contribution < -0.4 is 0 Å². The van der Waals surface area contributed by atoms with Crippen LogP contribution in [0, 0.1) is 6.92 Å². The molecule has 0 aliphatic rings. The van der Waals surface area contributed by atoms with Gasteiger partial charge in [-0.05, 0) is 18.9 Å². The van der Waals surface area contributed by atoms with E-state index in [0.717, 1.165) is 22.6 Å². The first-order chi connectivity index (χ1) is 10.2. The Kier molecular flexibility index (Phi) is 3.79. The van der Waals surface area contributed by atoms with Crippen LogP contribution in [0.25, 0.3) is 11.4 Å². The van der Waals surface area contributed by atoms with Gasteiger partial charge in [-0.1, -0.05) is 34.6 Å². The highest BCUT2D eigenvalue weighted by atomic mass is 16.5. The third-order valence-corrected chi connectivity index (χ3v) is 3.09. The van der Waals surface area contributed by atoms with Crippen molar-refractivity contribution >= 4 is 0 Å². The molecular formula is C15H15N3O3. The second-order valence-electron chi connectivity index (χ2n) is 4.79. The molecule has 6 heteroatoms. The molecule has 0 bridgehead atoms. The molecule has 0 unspecified atom stereocenters. The van der Waals surface area contributed by atoms with Crippen LogP contribution in [0.5, 0.6) is 0 Å². The number of aliphatic hydroxyl groups excluding tert-OH is 1. The molecule has 3 rings (SSSR count). The monoisotopic (exact) mass is 285 g/mol. The number of hydrogen-bond donors (Lipinski definition) is 1. The molecule has 2 aromatic heterocycles. The Morgan fingerprint density at radius 1 is 1.10 bits per heavy atom. The summed E-state index contributed by atoms with van der Waals surface area (Å²) >= 11 is 0. The number of nitrogens with zero attached hydrogens (tertiary/aromatic N) is 3. The summed E-state index contributed by atoms with van der Waals surface area (Å²) < 4.78 is 10.2. The van der Waals surface area contributed by atoms with Crippen molar-refractivity contribution in [1.29, 1.82) is 0 Å². The van der Waals surface area contributed by atoms with Gasteiger partial charge < -0.3 is 14.2 Å². The quantitative estimate of drug-likeness (QED) is 0.773. The van der Waals surface area contributed by atoms with Crippen molar-refractivity contribution in [3.8, 4) is 11.4 Å². The number of aryl methyl sites for hydroxylation is 1. The minimum atomic E-state index is 0.142. The second-order valence-corrected chi connectivity index (χ2v) is 4.79. The van der Waals surface area contributed by atoms with Crippen molar-refractivity contribution in [2.24, 2.45) is 0 Å². The minimum Gasteiger partial charge on any atom is -0.396 e. The van der Waals surface area contributed by atoms with E-state index >= 15 is 0 Å². The van der Waals surface area contributed by atoms with E-state index in [9.17, 15) is 0 Å².